The maximum atomic E-state index is 13.4. The molecule has 1 saturated heterocycles. The van der Waals surface area contributed by atoms with Gasteiger partial charge in [-0.15, -0.1) is 0 Å². The summed E-state index contributed by atoms with van der Waals surface area (Å²) >= 11 is 0. The highest BCUT2D eigenvalue weighted by Gasteiger charge is 2.30. The molecule has 0 bridgehead atoms. The van der Waals surface area contributed by atoms with Crippen LogP contribution in [-0.2, 0) is 13.6 Å². The molecule has 0 aromatic carbocycles. The molecule has 8 heteroatoms. The van der Waals surface area contributed by atoms with E-state index in [1.165, 1.54) is 0 Å². The van der Waals surface area contributed by atoms with Crippen LogP contribution in [-0.4, -0.2) is 44.6 Å². The third kappa shape index (κ3) is 2.68. The van der Waals surface area contributed by atoms with Gasteiger partial charge in [0.2, 0.25) is 0 Å². The molecule has 5 rings (SSSR count). The predicted octanol–water partition coefficient (Wildman–Crippen LogP) is 2.82. The highest BCUT2D eigenvalue weighted by atomic mass is 19.1. The lowest BCUT2D eigenvalue weighted by atomic mass is 10.1. The summed E-state index contributed by atoms with van der Waals surface area (Å²) < 4.78 is 16.7. The SMILES string of the molecule is Cn1cc(N2Cc3cc(-c4ccc(N5CC[C@@H](F)C5)nc4)cn3C2=O)cn1. The number of hydrogen-bond donors (Lipinski definition) is 0. The Morgan fingerprint density at radius 3 is 2.70 bits per heavy atom. The van der Waals surface area contributed by atoms with Gasteiger partial charge in [0.15, 0.2) is 0 Å². The molecule has 0 radical (unpaired) electrons. The van der Waals surface area contributed by atoms with Gasteiger partial charge in [0.1, 0.15) is 12.0 Å². The first-order valence-electron chi connectivity index (χ1n) is 8.96. The van der Waals surface area contributed by atoms with Crippen LogP contribution in [0.1, 0.15) is 12.1 Å². The van der Waals surface area contributed by atoms with Crippen molar-refractivity contribution in [3.05, 3.63) is 48.7 Å². The zero-order valence-electron chi connectivity index (χ0n) is 14.9. The van der Waals surface area contributed by atoms with E-state index in [2.05, 4.69) is 10.1 Å². The number of halogens is 1. The van der Waals surface area contributed by atoms with E-state index in [-0.39, 0.29) is 6.03 Å². The molecule has 3 aromatic rings. The molecule has 1 amide bonds. The molecular formula is C19H19FN6O. The summed E-state index contributed by atoms with van der Waals surface area (Å²) in [6.07, 6.45) is 6.94. The quantitative estimate of drug-likeness (QED) is 0.715. The van der Waals surface area contributed by atoms with Crippen LogP contribution >= 0.6 is 0 Å². The molecular weight excluding hydrogens is 347 g/mol. The first-order valence-corrected chi connectivity index (χ1v) is 8.96. The van der Waals surface area contributed by atoms with Gasteiger partial charge < -0.3 is 4.90 Å². The third-order valence-corrected chi connectivity index (χ3v) is 5.20. The maximum Gasteiger partial charge on any atom is 0.333 e. The number of pyridine rings is 1. The molecule has 5 heterocycles. The van der Waals surface area contributed by atoms with Crippen molar-refractivity contribution in [2.24, 2.45) is 7.05 Å². The number of aromatic nitrogens is 4. The summed E-state index contributed by atoms with van der Waals surface area (Å²) in [5.41, 5.74) is 3.61. The van der Waals surface area contributed by atoms with Crippen LogP contribution in [0.25, 0.3) is 11.1 Å². The second kappa shape index (κ2) is 5.94. The lowest BCUT2D eigenvalue weighted by molar-refractivity contribution is 0.251. The summed E-state index contributed by atoms with van der Waals surface area (Å²) in [4.78, 5) is 20.9. The average Bonchev–Trinajstić information content (AvgIpc) is 3.42. The van der Waals surface area contributed by atoms with Crippen molar-refractivity contribution in [3.8, 4) is 11.1 Å². The molecule has 1 atom stereocenters. The van der Waals surface area contributed by atoms with Crippen LogP contribution in [0, 0.1) is 0 Å². The molecule has 2 aliphatic heterocycles. The number of carbonyl (C=O) groups is 1. The van der Waals surface area contributed by atoms with E-state index in [1.807, 2.05) is 42.5 Å². The van der Waals surface area contributed by atoms with Crippen LogP contribution in [0.3, 0.4) is 0 Å². The van der Waals surface area contributed by atoms with E-state index in [9.17, 15) is 9.18 Å². The van der Waals surface area contributed by atoms with Gasteiger partial charge >= 0.3 is 6.03 Å². The molecule has 0 spiro atoms. The Morgan fingerprint density at radius 2 is 2.07 bits per heavy atom. The molecule has 0 unspecified atom stereocenters. The molecule has 138 valence electrons. The third-order valence-electron chi connectivity index (χ3n) is 5.20. The van der Waals surface area contributed by atoms with E-state index >= 15 is 0 Å². The molecule has 3 aromatic heterocycles. The minimum atomic E-state index is -0.769. The number of fused-ring (bicyclic) bond motifs is 1. The van der Waals surface area contributed by atoms with Crippen molar-refractivity contribution < 1.29 is 9.18 Å². The first kappa shape index (κ1) is 16.0. The highest BCUT2D eigenvalue weighted by Crippen LogP contribution is 2.30. The van der Waals surface area contributed by atoms with E-state index in [0.29, 0.717) is 26.1 Å². The van der Waals surface area contributed by atoms with Crippen molar-refractivity contribution in [3.63, 3.8) is 0 Å². The molecule has 1 fully saturated rings. The molecule has 2 aliphatic rings. The van der Waals surface area contributed by atoms with Crippen LogP contribution in [0.5, 0.6) is 0 Å². The van der Waals surface area contributed by atoms with Crippen LogP contribution in [0.4, 0.5) is 20.7 Å². The number of aryl methyl sites for hydroxylation is 1. The number of rotatable bonds is 3. The summed E-state index contributed by atoms with van der Waals surface area (Å²) in [6.45, 7) is 1.62. The Hall–Kier alpha value is -3.16. The number of hydrogen-bond acceptors (Lipinski definition) is 4. The Bertz CT molecular complexity index is 1010. The molecule has 0 aliphatic carbocycles. The molecule has 0 N–H and O–H groups in total. The average molecular weight is 366 g/mol. The van der Waals surface area contributed by atoms with Gasteiger partial charge in [-0.05, 0) is 24.6 Å². The standard InChI is InChI=1S/C19H19FN6O/c1-23-11-17(8-22-23)26-12-16-6-14(9-25(16)19(26)27)13-2-3-18(21-7-13)24-5-4-15(20)10-24/h2-3,6-9,11,15H,4-5,10,12H2,1H3/t15-/m1/s1. The highest BCUT2D eigenvalue weighted by molar-refractivity contribution is 5.97. The summed E-state index contributed by atoms with van der Waals surface area (Å²) in [5.74, 6) is 0.796. The van der Waals surface area contributed by atoms with Crippen molar-refractivity contribution in [1.29, 1.82) is 0 Å². The van der Waals surface area contributed by atoms with Gasteiger partial charge in [-0.25, -0.2) is 14.2 Å². The largest absolute Gasteiger partial charge is 0.354 e. The predicted molar refractivity (Wildman–Crippen MR) is 99.6 cm³/mol. The number of amides is 1. The summed E-state index contributed by atoms with van der Waals surface area (Å²) in [7, 11) is 1.83. The fourth-order valence-corrected chi connectivity index (χ4v) is 3.74. The van der Waals surface area contributed by atoms with Crippen molar-refractivity contribution in [2.75, 3.05) is 22.9 Å². The number of carbonyl (C=O) groups excluding carboxylic acids is 1. The van der Waals surface area contributed by atoms with Crippen LogP contribution in [0.2, 0.25) is 0 Å². The fraction of sp³-hybridized carbons (Fsp3) is 0.316. The maximum absolute atomic E-state index is 13.4. The second-order valence-electron chi connectivity index (χ2n) is 7.07. The second-order valence-corrected chi connectivity index (χ2v) is 7.07. The van der Waals surface area contributed by atoms with Crippen LogP contribution in [0.15, 0.2) is 43.0 Å². The number of anilines is 2. The molecule has 0 saturated carbocycles. The minimum Gasteiger partial charge on any atom is -0.354 e. The Labute approximate surface area is 155 Å². The van der Waals surface area contributed by atoms with Crippen molar-refractivity contribution in [2.45, 2.75) is 19.1 Å². The zero-order chi connectivity index (χ0) is 18.5. The summed E-state index contributed by atoms with van der Waals surface area (Å²) in [5, 5.41) is 4.13. The van der Waals surface area contributed by atoms with Gasteiger partial charge in [-0.2, -0.15) is 5.10 Å². The number of nitrogens with zero attached hydrogens (tertiary/aromatic N) is 6. The van der Waals surface area contributed by atoms with E-state index < -0.39 is 6.17 Å². The van der Waals surface area contributed by atoms with Gasteiger partial charge in [0.05, 0.1) is 25.0 Å². The smallest absolute Gasteiger partial charge is 0.333 e. The van der Waals surface area contributed by atoms with Gasteiger partial charge in [-0.3, -0.25) is 14.1 Å². The lowest BCUT2D eigenvalue weighted by Gasteiger charge is -2.16. The van der Waals surface area contributed by atoms with Crippen molar-refractivity contribution in [1.82, 2.24) is 19.3 Å². The van der Waals surface area contributed by atoms with Gasteiger partial charge in [-0.1, -0.05) is 0 Å². The Kier molecular flexibility index (Phi) is 3.53. The lowest BCUT2D eigenvalue weighted by Crippen LogP contribution is -2.25. The summed E-state index contributed by atoms with van der Waals surface area (Å²) in [6, 6.07) is 5.82. The van der Waals surface area contributed by atoms with E-state index in [4.69, 9.17) is 0 Å². The number of alkyl halides is 1. The van der Waals surface area contributed by atoms with Gasteiger partial charge in [0.25, 0.3) is 0 Å². The normalized spacial score (nSPS) is 19.2. The van der Waals surface area contributed by atoms with E-state index in [0.717, 1.165) is 28.3 Å². The van der Waals surface area contributed by atoms with Crippen LogP contribution < -0.4 is 9.80 Å². The Morgan fingerprint density at radius 1 is 1.19 bits per heavy atom. The molecule has 7 nitrogen and oxygen atoms in total. The Balaban J connectivity index is 1.37. The van der Waals surface area contributed by atoms with Crippen molar-refractivity contribution >= 4 is 17.5 Å². The molecule has 27 heavy (non-hydrogen) atoms. The fourth-order valence-electron chi connectivity index (χ4n) is 3.74. The van der Waals surface area contributed by atoms with E-state index in [1.54, 1.807) is 26.5 Å². The minimum absolute atomic E-state index is 0.0834. The topological polar surface area (TPSA) is 59.2 Å². The van der Waals surface area contributed by atoms with Gasteiger partial charge in [0, 0.05) is 49.0 Å². The zero-order valence-corrected chi connectivity index (χ0v) is 14.9. The first-order chi connectivity index (χ1) is 13.1. The monoisotopic (exact) mass is 366 g/mol.